The second-order valence-corrected chi connectivity index (χ2v) is 3.87. The molecule has 2 aromatic carbocycles. The van der Waals surface area contributed by atoms with Gasteiger partial charge in [-0.15, -0.1) is 0 Å². The molecule has 2 rings (SSSR count). The van der Waals surface area contributed by atoms with E-state index in [4.69, 9.17) is 15.7 Å². The molecule has 18 heavy (non-hydrogen) atoms. The molecule has 0 bridgehead atoms. The van der Waals surface area contributed by atoms with Crippen LogP contribution in [0.25, 0.3) is 0 Å². The van der Waals surface area contributed by atoms with Gasteiger partial charge < -0.3 is 10.5 Å². The zero-order valence-electron chi connectivity index (χ0n) is 9.77. The summed E-state index contributed by atoms with van der Waals surface area (Å²) in [7, 11) is 0. The van der Waals surface area contributed by atoms with Gasteiger partial charge in [0.15, 0.2) is 0 Å². The third-order valence-electron chi connectivity index (χ3n) is 2.52. The average molecular weight is 242 g/mol. The van der Waals surface area contributed by atoms with Gasteiger partial charge >= 0.3 is 0 Å². The van der Waals surface area contributed by atoms with Crippen LogP contribution in [0.5, 0.6) is 11.5 Å². The highest BCUT2D eigenvalue weighted by molar-refractivity contribution is 5.57. The molecule has 0 heterocycles. The van der Waals surface area contributed by atoms with Crippen LogP contribution in [0.2, 0.25) is 0 Å². The van der Waals surface area contributed by atoms with E-state index in [0.717, 1.165) is 0 Å². The number of hydrogen-bond acceptors (Lipinski definition) is 3. The zero-order valence-corrected chi connectivity index (χ0v) is 9.77. The molecule has 3 nitrogen and oxygen atoms in total. The summed E-state index contributed by atoms with van der Waals surface area (Å²) in [5, 5.41) is 8.84. The summed E-state index contributed by atoms with van der Waals surface area (Å²) in [4.78, 5) is 0. The molecule has 0 aliphatic heterocycles. The van der Waals surface area contributed by atoms with E-state index in [1.165, 1.54) is 12.1 Å². The number of nitrogen functional groups attached to an aromatic ring is 1. The van der Waals surface area contributed by atoms with Gasteiger partial charge in [-0.05, 0) is 30.7 Å². The summed E-state index contributed by atoms with van der Waals surface area (Å²) < 4.78 is 18.8. The Morgan fingerprint density at radius 1 is 1.17 bits per heavy atom. The highest BCUT2D eigenvalue weighted by Gasteiger charge is 2.04. The summed E-state index contributed by atoms with van der Waals surface area (Å²) in [5.74, 6) is 0.499. The van der Waals surface area contributed by atoms with Crippen LogP contribution >= 0.6 is 0 Å². The number of hydrogen-bond donors (Lipinski definition) is 1. The molecule has 0 aromatic heterocycles. The van der Waals surface area contributed by atoms with Crippen molar-refractivity contribution >= 4 is 5.69 Å². The monoisotopic (exact) mass is 242 g/mol. The Morgan fingerprint density at radius 3 is 2.50 bits per heavy atom. The predicted molar refractivity (Wildman–Crippen MR) is 66.8 cm³/mol. The summed E-state index contributed by atoms with van der Waals surface area (Å²) in [6.07, 6.45) is 0. The summed E-state index contributed by atoms with van der Waals surface area (Å²) in [6, 6.07) is 11.3. The van der Waals surface area contributed by atoms with Crippen molar-refractivity contribution in [1.29, 1.82) is 5.26 Å². The standard InChI is InChI=1S/C14H11FN2O/c1-9-2-3-12(7-13(9)15)18-11-4-5-14(17)10(6-11)8-16/h2-7H,17H2,1H3. The first kappa shape index (κ1) is 11.9. The van der Waals surface area contributed by atoms with E-state index >= 15 is 0 Å². The first-order chi connectivity index (χ1) is 8.60. The predicted octanol–water partition coefficient (Wildman–Crippen LogP) is 3.38. The average Bonchev–Trinajstić information content (AvgIpc) is 2.36. The molecule has 0 spiro atoms. The number of ether oxygens (including phenoxy) is 1. The number of benzene rings is 2. The maximum absolute atomic E-state index is 13.3. The fraction of sp³-hybridized carbons (Fsp3) is 0.0714. The van der Waals surface area contributed by atoms with Crippen LogP contribution in [-0.4, -0.2) is 0 Å². The van der Waals surface area contributed by atoms with Gasteiger partial charge in [-0.2, -0.15) is 5.26 Å². The molecular formula is C14H11FN2O. The van der Waals surface area contributed by atoms with Crippen molar-refractivity contribution in [1.82, 2.24) is 0 Å². The van der Waals surface area contributed by atoms with Gasteiger partial charge in [0.25, 0.3) is 0 Å². The molecule has 0 fully saturated rings. The number of anilines is 1. The lowest BCUT2D eigenvalue weighted by atomic mass is 10.2. The van der Waals surface area contributed by atoms with Crippen LogP contribution in [-0.2, 0) is 0 Å². The van der Waals surface area contributed by atoms with Gasteiger partial charge in [-0.3, -0.25) is 0 Å². The first-order valence-electron chi connectivity index (χ1n) is 5.34. The third-order valence-corrected chi connectivity index (χ3v) is 2.52. The zero-order chi connectivity index (χ0) is 13.1. The fourth-order valence-electron chi connectivity index (χ4n) is 1.47. The first-order valence-corrected chi connectivity index (χ1v) is 5.34. The van der Waals surface area contributed by atoms with Gasteiger partial charge in [-0.25, -0.2) is 4.39 Å². The Hall–Kier alpha value is -2.54. The topological polar surface area (TPSA) is 59.0 Å². The molecule has 0 atom stereocenters. The molecule has 0 unspecified atom stereocenters. The van der Waals surface area contributed by atoms with Crippen molar-refractivity contribution < 1.29 is 9.13 Å². The number of halogens is 1. The number of nitrogens with zero attached hydrogens (tertiary/aromatic N) is 1. The molecule has 0 amide bonds. The number of nitrogens with two attached hydrogens (primary N) is 1. The van der Waals surface area contributed by atoms with Crippen LogP contribution in [0.1, 0.15) is 11.1 Å². The number of nitriles is 1. The Morgan fingerprint density at radius 2 is 1.83 bits per heavy atom. The van der Waals surface area contributed by atoms with Gasteiger partial charge in [-0.1, -0.05) is 6.07 Å². The highest BCUT2D eigenvalue weighted by Crippen LogP contribution is 2.26. The number of aryl methyl sites for hydroxylation is 1. The van der Waals surface area contributed by atoms with Crippen LogP contribution in [0.4, 0.5) is 10.1 Å². The van der Waals surface area contributed by atoms with Crippen molar-refractivity contribution in [3.63, 3.8) is 0 Å². The molecule has 0 radical (unpaired) electrons. The van der Waals surface area contributed by atoms with Crippen molar-refractivity contribution in [2.24, 2.45) is 0 Å². The molecule has 90 valence electrons. The van der Waals surface area contributed by atoms with E-state index in [1.54, 1.807) is 31.2 Å². The Kier molecular flexibility index (Phi) is 3.16. The van der Waals surface area contributed by atoms with Gasteiger partial charge in [0.2, 0.25) is 0 Å². The quantitative estimate of drug-likeness (QED) is 0.821. The van der Waals surface area contributed by atoms with Crippen molar-refractivity contribution in [2.75, 3.05) is 5.73 Å². The molecule has 0 aliphatic rings. The minimum atomic E-state index is -0.330. The summed E-state index contributed by atoms with van der Waals surface area (Å²) >= 11 is 0. The maximum atomic E-state index is 13.3. The normalized spacial score (nSPS) is 9.83. The van der Waals surface area contributed by atoms with Crippen LogP contribution in [0, 0.1) is 24.1 Å². The van der Waals surface area contributed by atoms with Crippen LogP contribution < -0.4 is 10.5 Å². The number of rotatable bonds is 2. The summed E-state index contributed by atoms with van der Waals surface area (Å²) in [5.41, 5.74) is 6.87. The third kappa shape index (κ3) is 2.41. The molecule has 4 heteroatoms. The lowest BCUT2D eigenvalue weighted by Crippen LogP contribution is -1.92. The molecular weight excluding hydrogens is 231 g/mol. The Balaban J connectivity index is 2.29. The largest absolute Gasteiger partial charge is 0.457 e. The molecule has 0 saturated carbocycles. The van der Waals surface area contributed by atoms with Crippen molar-refractivity contribution in [3.05, 3.63) is 53.3 Å². The van der Waals surface area contributed by atoms with Gasteiger partial charge in [0.1, 0.15) is 23.4 Å². The second kappa shape index (κ2) is 4.76. The lowest BCUT2D eigenvalue weighted by Gasteiger charge is -2.07. The smallest absolute Gasteiger partial charge is 0.130 e. The van der Waals surface area contributed by atoms with Crippen LogP contribution in [0.15, 0.2) is 36.4 Å². The van der Waals surface area contributed by atoms with Crippen molar-refractivity contribution in [3.8, 4) is 17.6 Å². The Bertz CT molecular complexity index is 632. The van der Waals surface area contributed by atoms with E-state index in [-0.39, 0.29) is 5.82 Å². The van der Waals surface area contributed by atoms with Gasteiger partial charge in [0.05, 0.1) is 5.56 Å². The molecule has 2 aromatic rings. The molecule has 0 aliphatic carbocycles. The molecule has 0 saturated heterocycles. The second-order valence-electron chi connectivity index (χ2n) is 3.87. The van der Waals surface area contributed by atoms with E-state index < -0.39 is 0 Å². The fourth-order valence-corrected chi connectivity index (χ4v) is 1.47. The maximum Gasteiger partial charge on any atom is 0.130 e. The van der Waals surface area contributed by atoms with Gasteiger partial charge in [0, 0.05) is 17.8 Å². The Labute approximate surface area is 104 Å². The SMILES string of the molecule is Cc1ccc(Oc2ccc(N)c(C#N)c2)cc1F. The summed E-state index contributed by atoms with van der Waals surface area (Å²) in [6.45, 7) is 1.68. The highest BCUT2D eigenvalue weighted by atomic mass is 19.1. The minimum absolute atomic E-state index is 0.330. The van der Waals surface area contributed by atoms with Crippen molar-refractivity contribution in [2.45, 2.75) is 6.92 Å². The van der Waals surface area contributed by atoms with Crippen LogP contribution in [0.3, 0.4) is 0 Å². The minimum Gasteiger partial charge on any atom is -0.457 e. The van der Waals surface area contributed by atoms with E-state index in [0.29, 0.717) is 28.3 Å². The van der Waals surface area contributed by atoms with E-state index in [2.05, 4.69) is 0 Å². The van der Waals surface area contributed by atoms with E-state index in [1.807, 2.05) is 6.07 Å². The van der Waals surface area contributed by atoms with E-state index in [9.17, 15) is 4.39 Å². The lowest BCUT2D eigenvalue weighted by molar-refractivity contribution is 0.476. The molecule has 2 N–H and O–H groups in total.